The van der Waals surface area contributed by atoms with Gasteiger partial charge in [-0.15, -0.1) is 11.3 Å². The molecule has 0 aliphatic heterocycles. The van der Waals surface area contributed by atoms with Crippen LogP contribution in [0, 0.1) is 0 Å². The summed E-state index contributed by atoms with van der Waals surface area (Å²) in [5.41, 5.74) is 4.41. The highest BCUT2D eigenvalue weighted by Crippen LogP contribution is 2.16. The smallest absolute Gasteiger partial charge is 0.311 e. The van der Waals surface area contributed by atoms with Crippen molar-refractivity contribution in [3.8, 4) is 5.75 Å². The first-order chi connectivity index (χ1) is 14.6. The summed E-state index contributed by atoms with van der Waals surface area (Å²) in [7, 11) is 0. The molecule has 0 bridgehead atoms. The van der Waals surface area contributed by atoms with E-state index in [1.54, 1.807) is 25.4 Å². The van der Waals surface area contributed by atoms with E-state index in [0.717, 1.165) is 24.2 Å². The van der Waals surface area contributed by atoms with Crippen molar-refractivity contribution in [1.82, 2.24) is 4.98 Å². The van der Waals surface area contributed by atoms with E-state index >= 15 is 0 Å². The van der Waals surface area contributed by atoms with Crippen molar-refractivity contribution in [1.29, 1.82) is 0 Å². The Hall–Kier alpha value is -2.94. The largest absolute Gasteiger partial charge is 0.494 e. The molecule has 1 heterocycles. The highest BCUT2D eigenvalue weighted by molar-refractivity contribution is 7.13. The summed E-state index contributed by atoms with van der Waals surface area (Å²) >= 11 is 1.37. The third-order valence-electron chi connectivity index (χ3n) is 3.79. The van der Waals surface area contributed by atoms with Crippen LogP contribution in [-0.2, 0) is 25.5 Å². The molecule has 0 saturated carbocycles. The zero-order valence-electron chi connectivity index (χ0n) is 17.3. The first-order valence-electron chi connectivity index (χ1n) is 9.88. The van der Waals surface area contributed by atoms with E-state index in [2.05, 4.69) is 15.5 Å². The minimum absolute atomic E-state index is 0.153. The number of hydrogen-bond donors (Lipinski definition) is 1. The van der Waals surface area contributed by atoms with Crippen LogP contribution in [0.4, 0.5) is 5.13 Å². The number of nitrogens with one attached hydrogen (secondary N) is 1. The highest BCUT2D eigenvalue weighted by Gasteiger charge is 2.07. The molecule has 1 aromatic carbocycles. The maximum atomic E-state index is 11.5. The second-order valence-electron chi connectivity index (χ2n) is 6.18. The molecule has 1 aromatic heterocycles. The van der Waals surface area contributed by atoms with Crippen molar-refractivity contribution in [2.24, 2.45) is 5.10 Å². The van der Waals surface area contributed by atoms with Crippen LogP contribution in [0.2, 0.25) is 0 Å². The van der Waals surface area contributed by atoms with Crippen molar-refractivity contribution >= 4 is 34.6 Å². The van der Waals surface area contributed by atoms with Gasteiger partial charge >= 0.3 is 11.9 Å². The van der Waals surface area contributed by atoms with Gasteiger partial charge in [-0.25, -0.2) is 4.98 Å². The zero-order valence-corrected chi connectivity index (χ0v) is 18.1. The van der Waals surface area contributed by atoms with Gasteiger partial charge in [0.15, 0.2) is 0 Å². The summed E-state index contributed by atoms with van der Waals surface area (Å²) in [5.74, 6) is 0.307. The molecule has 0 radical (unpaired) electrons. The Labute approximate surface area is 180 Å². The topological polar surface area (TPSA) is 99.1 Å². The monoisotopic (exact) mass is 433 g/mol. The van der Waals surface area contributed by atoms with Crippen molar-refractivity contribution in [3.63, 3.8) is 0 Å². The number of benzene rings is 1. The van der Waals surface area contributed by atoms with Gasteiger partial charge < -0.3 is 14.2 Å². The number of hydrazone groups is 1. The van der Waals surface area contributed by atoms with Gasteiger partial charge in [-0.2, -0.15) is 5.10 Å². The van der Waals surface area contributed by atoms with Crippen LogP contribution < -0.4 is 10.2 Å². The van der Waals surface area contributed by atoms with Gasteiger partial charge in [-0.3, -0.25) is 15.0 Å². The van der Waals surface area contributed by atoms with E-state index in [1.165, 1.54) is 11.3 Å². The van der Waals surface area contributed by atoms with Crippen LogP contribution in [0.3, 0.4) is 0 Å². The number of rotatable bonds is 13. The number of nitrogens with zero attached hydrogens (tertiary/aromatic N) is 2. The second-order valence-corrected chi connectivity index (χ2v) is 7.03. The van der Waals surface area contributed by atoms with Crippen LogP contribution in [-0.4, -0.2) is 43.0 Å². The minimum Gasteiger partial charge on any atom is -0.494 e. The quantitative estimate of drug-likeness (QED) is 0.222. The Morgan fingerprint density at radius 3 is 2.57 bits per heavy atom. The van der Waals surface area contributed by atoms with Crippen molar-refractivity contribution in [2.75, 3.05) is 25.2 Å². The Balaban J connectivity index is 1.69. The lowest BCUT2D eigenvalue weighted by atomic mass is 10.2. The SMILES string of the molecule is CCOC(=O)CCCCOc1ccc(C=NNc2nc(CC(=O)OCC)cs2)cc1. The number of esters is 2. The number of carbonyl (C=O) groups excluding carboxylic acids is 2. The third-order valence-corrected chi connectivity index (χ3v) is 4.58. The van der Waals surface area contributed by atoms with Crippen LogP contribution >= 0.6 is 11.3 Å². The summed E-state index contributed by atoms with van der Waals surface area (Å²) in [4.78, 5) is 27.0. The summed E-state index contributed by atoms with van der Waals surface area (Å²) in [6, 6.07) is 7.53. The van der Waals surface area contributed by atoms with Gasteiger partial charge in [-0.05, 0) is 56.5 Å². The van der Waals surface area contributed by atoms with Gasteiger partial charge in [-0.1, -0.05) is 0 Å². The van der Waals surface area contributed by atoms with Crippen LogP contribution in [0.15, 0.2) is 34.7 Å². The molecule has 9 heteroatoms. The van der Waals surface area contributed by atoms with Crippen molar-refractivity contribution in [2.45, 2.75) is 39.5 Å². The van der Waals surface area contributed by atoms with Gasteiger partial charge in [0, 0.05) is 11.8 Å². The zero-order chi connectivity index (χ0) is 21.6. The average molecular weight is 434 g/mol. The Morgan fingerprint density at radius 2 is 1.83 bits per heavy atom. The van der Waals surface area contributed by atoms with E-state index in [9.17, 15) is 9.59 Å². The van der Waals surface area contributed by atoms with E-state index < -0.39 is 0 Å². The molecule has 0 amide bonds. The maximum Gasteiger partial charge on any atom is 0.311 e. The molecule has 0 saturated heterocycles. The molecule has 2 aromatic rings. The molecular weight excluding hydrogens is 406 g/mol. The van der Waals surface area contributed by atoms with Crippen LogP contribution in [0.5, 0.6) is 5.75 Å². The van der Waals surface area contributed by atoms with Gasteiger partial charge in [0.1, 0.15) is 5.75 Å². The van der Waals surface area contributed by atoms with Gasteiger partial charge in [0.25, 0.3) is 0 Å². The number of carbonyl (C=O) groups is 2. The molecule has 1 N–H and O–H groups in total. The van der Waals surface area contributed by atoms with Crippen molar-refractivity contribution in [3.05, 3.63) is 40.9 Å². The molecule has 30 heavy (non-hydrogen) atoms. The second kappa shape index (κ2) is 13.3. The lowest BCUT2D eigenvalue weighted by molar-refractivity contribution is -0.143. The number of thiazole rings is 1. The van der Waals surface area contributed by atoms with E-state index in [1.807, 2.05) is 24.3 Å². The summed E-state index contributed by atoms with van der Waals surface area (Å²) in [5, 5.41) is 6.56. The highest BCUT2D eigenvalue weighted by atomic mass is 32.1. The fourth-order valence-electron chi connectivity index (χ4n) is 2.41. The normalized spacial score (nSPS) is 10.7. The summed E-state index contributed by atoms with van der Waals surface area (Å²) < 4.78 is 15.5. The molecule has 2 rings (SSSR count). The Morgan fingerprint density at radius 1 is 1.10 bits per heavy atom. The predicted octanol–water partition coefficient (Wildman–Crippen LogP) is 3.81. The maximum absolute atomic E-state index is 11.5. The molecule has 0 spiro atoms. The molecule has 8 nitrogen and oxygen atoms in total. The fourth-order valence-corrected chi connectivity index (χ4v) is 3.07. The number of ether oxygens (including phenoxy) is 3. The number of unbranched alkanes of at least 4 members (excludes halogenated alkanes) is 1. The van der Waals surface area contributed by atoms with Gasteiger partial charge in [0.2, 0.25) is 5.13 Å². The first-order valence-corrected chi connectivity index (χ1v) is 10.8. The minimum atomic E-state index is -0.292. The molecule has 0 aliphatic rings. The molecule has 0 fully saturated rings. The fraction of sp³-hybridized carbons (Fsp3) is 0.429. The number of aromatic nitrogens is 1. The summed E-state index contributed by atoms with van der Waals surface area (Å²) in [6.45, 7) is 4.90. The van der Waals surface area contributed by atoms with E-state index in [4.69, 9.17) is 14.2 Å². The average Bonchev–Trinajstić information content (AvgIpc) is 3.16. The molecular formula is C21H27N3O5S. The lowest BCUT2D eigenvalue weighted by Gasteiger charge is -2.06. The van der Waals surface area contributed by atoms with Gasteiger partial charge in [0.05, 0.1) is 38.1 Å². The van der Waals surface area contributed by atoms with E-state index in [0.29, 0.717) is 37.1 Å². The van der Waals surface area contributed by atoms with Crippen LogP contribution in [0.25, 0.3) is 0 Å². The van der Waals surface area contributed by atoms with E-state index in [-0.39, 0.29) is 18.4 Å². The van der Waals surface area contributed by atoms with Crippen LogP contribution in [0.1, 0.15) is 44.4 Å². The summed E-state index contributed by atoms with van der Waals surface area (Å²) in [6.07, 6.45) is 3.78. The molecule has 0 unspecified atom stereocenters. The lowest BCUT2D eigenvalue weighted by Crippen LogP contribution is -2.07. The molecule has 0 aliphatic carbocycles. The third kappa shape index (κ3) is 9.04. The predicted molar refractivity (Wildman–Crippen MR) is 116 cm³/mol. The standard InChI is InChI=1S/C21H27N3O5S/c1-3-27-19(25)7-5-6-12-29-18-10-8-16(9-11-18)14-22-24-21-23-17(15-30-21)13-20(26)28-4-2/h8-11,14-15H,3-7,12-13H2,1-2H3,(H,23,24). The first kappa shape index (κ1) is 23.3. The molecule has 0 atom stereocenters. The Kier molecular flexibility index (Phi) is 10.4. The molecule has 162 valence electrons. The Bertz CT molecular complexity index is 820. The number of hydrogen-bond acceptors (Lipinski definition) is 9. The number of anilines is 1. The van der Waals surface area contributed by atoms with Crippen molar-refractivity contribution < 1.29 is 23.8 Å².